The zero-order valence-corrected chi connectivity index (χ0v) is 16.2. The fraction of sp³-hybridized carbons (Fsp3) is 0.105. The van der Waals surface area contributed by atoms with Crippen LogP contribution in [0.4, 0.5) is 5.13 Å². The van der Waals surface area contributed by atoms with Gasteiger partial charge in [-0.25, -0.2) is 4.98 Å². The molecule has 4 aromatic rings. The summed E-state index contributed by atoms with van der Waals surface area (Å²) in [4.78, 5) is 24.3. The third kappa shape index (κ3) is 3.35. The van der Waals surface area contributed by atoms with Crippen LogP contribution in [0, 0.1) is 6.92 Å². The quantitative estimate of drug-likeness (QED) is 0.451. The number of para-hydroxylation sites is 1. The van der Waals surface area contributed by atoms with Gasteiger partial charge in [0.25, 0.3) is 5.91 Å². The Morgan fingerprint density at radius 3 is 2.73 bits per heavy atom. The maximum absolute atomic E-state index is 13.1. The number of hydrogen-bond acceptors (Lipinski definition) is 5. The average molecular weight is 400 g/mol. The van der Waals surface area contributed by atoms with E-state index < -0.39 is 0 Å². The van der Waals surface area contributed by atoms with Crippen molar-refractivity contribution in [3.8, 4) is 0 Å². The zero-order chi connectivity index (χ0) is 18.1. The van der Waals surface area contributed by atoms with E-state index in [1.165, 1.54) is 22.7 Å². The molecule has 0 spiro atoms. The van der Waals surface area contributed by atoms with Gasteiger partial charge in [0, 0.05) is 12.4 Å². The van der Waals surface area contributed by atoms with Crippen LogP contribution >= 0.6 is 34.3 Å². The monoisotopic (exact) mass is 399 g/mol. The van der Waals surface area contributed by atoms with Gasteiger partial charge < -0.3 is 0 Å². The number of amides is 1. The number of rotatable bonds is 4. The van der Waals surface area contributed by atoms with Crippen LogP contribution < -0.4 is 4.90 Å². The van der Waals surface area contributed by atoms with Crippen LogP contribution in [0.25, 0.3) is 10.2 Å². The predicted octanol–water partition coefficient (Wildman–Crippen LogP) is 5.56. The first-order valence-electron chi connectivity index (χ1n) is 7.94. The number of fused-ring (bicyclic) bond motifs is 1. The SMILES string of the molecule is Cc1cccc2sc(N(Cc3cccnc3)C(=O)c3ccc(Cl)s3)nc12. The van der Waals surface area contributed by atoms with Gasteiger partial charge in [0.15, 0.2) is 5.13 Å². The molecule has 0 saturated carbocycles. The Morgan fingerprint density at radius 1 is 1.15 bits per heavy atom. The van der Waals surface area contributed by atoms with Gasteiger partial charge >= 0.3 is 0 Å². The highest BCUT2D eigenvalue weighted by Crippen LogP contribution is 2.33. The summed E-state index contributed by atoms with van der Waals surface area (Å²) < 4.78 is 1.66. The molecule has 0 fully saturated rings. The number of aromatic nitrogens is 2. The summed E-state index contributed by atoms with van der Waals surface area (Å²) in [6, 6.07) is 13.4. The van der Waals surface area contributed by atoms with Gasteiger partial charge in [0.2, 0.25) is 0 Å². The van der Waals surface area contributed by atoms with E-state index in [1.807, 2.05) is 37.3 Å². The number of thiazole rings is 1. The van der Waals surface area contributed by atoms with Crippen LogP contribution in [0.2, 0.25) is 4.34 Å². The first-order valence-corrected chi connectivity index (χ1v) is 9.95. The Morgan fingerprint density at radius 2 is 2.04 bits per heavy atom. The van der Waals surface area contributed by atoms with Crippen LogP contribution in [-0.2, 0) is 6.54 Å². The minimum atomic E-state index is -0.109. The van der Waals surface area contributed by atoms with Crippen molar-refractivity contribution in [1.82, 2.24) is 9.97 Å². The van der Waals surface area contributed by atoms with Gasteiger partial charge in [-0.3, -0.25) is 14.7 Å². The van der Waals surface area contributed by atoms with Crippen LogP contribution in [0.3, 0.4) is 0 Å². The molecule has 26 heavy (non-hydrogen) atoms. The maximum Gasteiger partial charge on any atom is 0.270 e. The lowest BCUT2D eigenvalue weighted by atomic mass is 10.2. The molecule has 0 atom stereocenters. The van der Waals surface area contributed by atoms with Gasteiger partial charge in [-0.05, 0) is 42.3 Å². The van der Waals surface area contributed by atoms with Crippen molar-refractivity contribution in [2.45, 2.75) is 13.5 Å². The minimum absolute atomic E-state index is 0.109. The van der Waals surface area contributed by atoms with Crippen LogP contribution in [0.5, 0.6) is 0 Å². The Balaban J connectivity index is 1.78. The van der Waals surface area contributed by atoms with Crippen molar-refractivity contribution < 1.29 is 4.79 Å². The Hall–Kier alpha value is -2.28. The van der Waals surface area contributed by atoms with E-state index in [-0.39, 0.29) is 5.91 Å². The van der Waals surface area contributed by atoms with Crippen molar-refractivity contribution in [3.05, 3.63) is 75.2 Å². The molecule has 4 nitrogen and oxygen atoms in total. The van der Waals surface area contributed by atoms with Gasteiger partial charge in [-0.15, -0.1) is 11.3 Å². The molecule has 1 aromatic carbocycles. The summed E-state index contributed by atoms with van der Waals surface area (Å²) in [6.45, 7) is 2.43. The smallest absolute Gasteiger partial charge is 0.270 e. The van der Waals surface area contributed by atoms with E-state index in [0.717, 1.165) is 21.3 Å². The number of hydrogen-bond donors (Lipinski definition) is 0. The van der Waals surface area contributed by atoms with Gasteiger partial charge in [-0.2, -0.15) is 0 Å². The van der Waals surface area contributed by atoms with E-state index in [4.69, 9.17) is 16.6 Å². The molecule has 0 N–H and O–H groups in total. The standard InChI is InChI=1S/C19H14ClN3OS2/c1-12-4-2-6-14-17(12)22-19(26-14)23(11-13-5-3-9-21-10-13)18(24)15-7-8-16(20)25-15/h2-10H,11H2,1H3. The lowest BCUT2D eigenvalue weighted by molar-refractivity contribution is 0.0989. The largest absolute Gasteiger partial charge is 0.279 e. The van der Waals surface area contributed by atoms with E-state index in [9.17, 15) is 4.79 Å². The van der Waals surface area contributed by atoms with Crippen LogP contribution in [-0.4, -0.2) is 15.9 Å². The molecular weight excluding hydrogens is 386 g/mol. The van der Waals surface area contributed by atoms with Crippen LogP contribution in [0.1, 0.15) is 20.8 Å². The number of thiophene rings is 1. The molecule has 1 amide bonds. The Bertz CT molecular complexity index is 1070. The van der Waals surface area contributed by atoms with Crippen molar-refractivity contribution in [3.63, 3.8) is 0 Å². The highest BCUT2D eigenvalue weighted by atomic mass is 35.5. The third-order valence-corrected chi connectivity index (χ3v) is 6.20. The van der Waals surface area contributed by atoms with E-state index in [0.29, 0.717) is 20.9 Å². The van der Waals surface area contributed by atoms with Gasteiger partial charge in [-0.1, -0.05) is 41.1 Å². The second-order valence-electron chi connectivity index (χ2n) is 5.77. The molecule has 0 radical (unpaired) electrons. The molecule has 0 aliphatic rings. The molecular formula is C19H14ClN3OS2. The first-order chi connectivity index (χ1) is 12.6. The predicted molar refractivity (Wildman–Crippen MR) is 108 cm³/mol. The van der Waals surface area contributed by atoms with E-state index >= 15 is 0 Å². The van der Waals surface area contributed by atoms with Gasteiger partial charge in [0.1, 0.15) is 0 Å². The normalized spacial score (nSPS) is 11.0. The number of carbonyl (C=O) groups excluding carboxylic acids is 1. The fourth-order valence-electron chi connectivity index (χ4n) is 2.65. The molecule has 3 heterocycles. The molecule has 0 saturated heterocycles. The topological polar surface area (TPSA) is 46.1 Å². The Labute approximate surface area is 163 Å². The third-order valence-electron chi connectivity index (χ3n) is 3.93. The summed E-state index contributed by atoms with van der Waals surface area (Å²) in [7, 11) is 0. The molecule has 0 aliphatic heterocycles. The second-order valence-corrected chi connectivity index (χ2v) is 8.50. The summed E-state index contributed by atoms with van der Waals surface area (Å²) in [6.07, 6.45) is 3.48. The van der Waals surface area contributed by atoms with Crippen molar-refractivity contribution >= 4 is 55.5 Å². The second kappa shape index (κ2) is 7.15. The molecule has 130 valence electrons. The molecule has 0 unspecified atom stereocenters. The molecule has 0 bridgehead atoms. The van der Waals surface area contributed by atoms with Gasteiger partial charge in [0.05, 0.1) is 26.0 Å². The highest BCUT2D eigenvalue weighted by molar-refractivity contribution is 7.22. The van der Waals surface area contributed by atoms with E-state index in [1.54, 1.807) is 29.4 Å². The number of nitrogens with zero attached hydrogens (tertiary/aromatic N) is 3. The molecule has 0 aliphatic carbocycles. The maximum atomic E-state index is 13.1. The number of anilines is 1. The molecule has 7 heteroatoms. The Kier molecular flexibility index (Phi) is 4.72. The summed E-state index contributed by atoms with van der Waals surface area (Å²) in [5, 5.41) is 0.674. The number of pyridine rings is 1. The zero-order valence-electron chi connectivity index (χ0n) is 13.8. The highest BCUT2D eigenvalue weighted by Gasteiger charge is 2.23. The first kappa shape index (κ1) is 17.1. The molecule has 4 rings (SSSR count). The van der Waals surface area contributed by atoms with E-state index in [2.05, 4.69) is 4.98 Å². The van der Waals surface area contributed by atoms with Crippen molar-refractivity contribution in [1.29, 1.82) is 0 Å². The number of halogens is 1. The summed E-state index contributed by atoms with van der Waals surface area (Å²) >= 11 is 8.81. The van der Waals surface area contributed by atoms with Crippen molar-refractivity contribution in [2.24, 2.45) is 0 Å². The lowest BCUT2D eigenvalue weighted by Gasteiger charge is -2.19. The number of carbonyl (C=O) groups is 1. The number of benzene rings is 1. The van der Waals surface area contributed by atoms with Crippen molar-refractivity contribution in [2.75, 3.05) is 4.90 Å². The lowest BCUT2D eigenvalue weighted by Crippen LogP contribution is -2.29. The summed E-state index contributed by atoms with van der Waals surface area (Å²) in [5.41, 5.74) is 2.97. The minimum Gasteiger partial charge on any atom is -0.279 e. The fourth-order valence-corrected chi connectivity index (χ4v) is 4.69. The van der Waals surface area contributed by atoms with Crippen LogP contribution in [0.15, 0.2) is 54.9 Å². The molecule has 3 aromatic heterocycles. The summed E-state index contributed by atoms with van der Waals surface area (Å²) in [5.74, 6) is -0.109. The average Bonchev–Trinajstić information content (AvgIpc) is 3.27. The number of aryl methyl sites for hydroxylation is 1.